The van der Waals surface area contributed by atoms with Gasteiger partial charge in [-0.1, -0.05) is 32.0 Å². The van der Waals surface area contributed by atoms with Crippen LogP contribution >= 0.6 is 12.2 Å². The summed E-state index contributed by atoms with van der Waals surface area (Å²) in [4.78, 5) is 2.32. The maximum atomic E-state index is 10.8. The Morgan fingerprint density at radius 2 is 2.14 bits per heavy atom. The Hall–Kier alpha value is -2.03. The molecule has 8 heteroatoms. The van der Waals surface area contributed by atoms with Gasteiger partial charge in [0, 0.05) is 31.6 Å². The first kappa shape index (κ1) is 20.7. The van der Waals surface area contributed by atoms with Crippen LogP contribution in [0, 0.1) is 0 Å². The highest BCUT2D eigenvalue weighted by Crippen LogP contribution is 2.38. The molecular weight excluding hydrogens is 374 g/mol. The van der Waals surface area contributed by atoms with Gasteiger partial charge in [-0.05, 0) is 44.2 Å². The van der Waals surface area contributed by atoms with Crippen molar-refractivity contribution in [3.63, 3.8) is 0 Å². The first-order chi connectivity index (χ1) is 13.6. The number of likely N-dealkylation sites (N-methyl/N-ethyl adjacent to an activating group) is 1. The van der Waals surface area contributed by atoms with E-state index in [9.17, 15) is 5.11 Å². The summed E-state index contributed by atoms with van der Waals surface area (Å²) in [5.74, 6) is 0.124. The van der Waals surface area contributed by atoms with Gasteiger partial charge < -0.3 is 24.6 Å². The molecule has 1 fully saturated rings. The van der Waals surface area contributed by atoms with Crippen molar-refractivity contribution in [2.24, 2.45) is 10.2 Å². The number of benzene rings is 1. The minimum absolute atomic E-state index is 0.124. The number of aromatic nitrogens is 1. The monoisotopic (exact) mass is 403 g/mol. The maximum absolute atomic E-state index is 10.8. The predicted molar refractivity (Wildman–Crippen MR) is 115 cm³/mol. The van der Waals surface area contributed by atoms with Gasteiger partial charge in [-0.15, -0.1) is 10.2 Å². The Balaban J connectivity index is 1.74. The molecule has 3 rings (SSSR count). The van der Waals surface area contributed by atoms with Gasteiger partial charge in [-0.3, -0.25) is 0 Å². The molecule has 1 aliphatic rings. The lowest BCUT2D eigenvalue weighted by atomic mass is 10.2. The molecule has 2 aromatic rings. The van der Waals surface area contributed by atoms with Crippen LogP contribution in [0.5, 0.6) is 5.88 Å². The van der Waals surface area contributed by atoms with Crippen molar-refractivity contribution in [3.05, 3.63) is 24.3 Å². The Morgan fingerprint density at radius 1 is 1.36 bits per heavy atom. The normalized spacial score (nSPS) is 17.2. The van der Waals surface area contributed by atoms with Crippen LogP contribution in [-0.4, -0.2) is 58.6 Å². The van der Waals surface area contributed by atoms with Gasteiger partial charge in [0.15, 0.2) is 5.69 Å². The molecule has 1 aliphatic heterocycles. The zero-order valence-corrected chi connectivity index (χ0v) is 17.4. The molecule has 0 bridgehead atoms. The molecule has 2 N–H and O–H groups in total. The largest absolute Gasteiger partial charge is 0.493 e. The quantitative estimate of drug-likeness (QED) is 0.518. The fourth-order valence-electron chi connectivity index (χ4n) is 3.52. The van der Waals surface area contributed by atoms with E-state index in [1.165, 1.54) is 0 Å². The van der Waals surface area contributed by atoms with Gasteiger partial charge in [-0.2, -0.15) is 0 Å². The number of ether oxygens (including phenoxy) is 1. The zero-order valence-electron chi connectivity index (χ0n) is 16.6. The van der Waals surface area contributed by atoms with Crippen LogP contribution in [0.15, 0.2) is 34.5 Å². The number of fused-ring (bicyclic) bond motifs is 1. The van der Waals surface area contributed by atoms with Crippen molar-refractivity contribution in [2.75, 3.05) is 32.8 Å². The second-order valence-electron chi connectivity index (χ2n) is 6.89. The van der Waals surface area contributed by atoms with E-state index < -0.39 is 0 Å². The molecule has 0 amide bonds. The first-order valence-corrected chi connectivity index (χ1v) is 10.4. The third kappa shape index (κ3) is 4.87. The van der Waals surface area contributed by atoms with E-state index in [2.05, 4.69) is 34.3 Å². The molecule has 7 nitrogen and oxygen atoms in total. The summed E-state index contributed by atoms with van der Waals surface area (Å²) in [6.45, 7) is 9.23. The minimum atomic E-state index is 0.124. The second-order valence-corrected chi connectivity index (χ2v) is 7.28. The van der Waals surface area contributed by atoms with Crippen LogP contribution in [0.25, 0.3) is 10.9 Å². The minimum Gasteiger partial charge on any atom is -0.493 e. The van der Waals surface area contributed by atoms with Crippen LogP contribution in [0.4, 0.5) is 5.69 Å². The summed E-state index contributed by atoms with van der Waals surface area (Å²) in [6.07, 6.45) is 2.30. The lowest BCUT2D eigenvalue weighted by molar-refractivity contribution is 0.114. The van der Waals surface area contributed by atoms with Crippen LogP contribution in [-0.2, 0) is 11.3 Å². The number of hydrogen-bond donors (Lipinski definition) is 2. The third-order valence-electron chi connectivity index (χ3n) is 5.20. The number of rotatable bonds is 8. The van der Waals surface area contributed by atoms with Crippen molar-refractivity contribution in [1.82, 2.24) is 14.8 Å². The van der Waals surface area contributed by atoms with E-state index in [0.717, 1.165) is 50.0 Å². The van der Waals surface area contributed by atoms with E-state index in [1.54, 1.807) is 0 Å². The summed E-state index contributed by atoms with van der Waals surface area (Å²) >= 11 is 5.26. The number of nitrogens with one attached hydrogen (secondary N) is 1. The average Bonchev–Trinajstić information content (AvgIpc) is 3.32. The van der Waals surface area contributed by atoms with Gasteiger partial charge in [0.2, 0.25) is 11.0 Å². The number of aromatic hydroxyl groups is 1. The van der Waals surface area contributed by atoms with E-state index >= 15 is 0 Å². The van der Waals surface area contributed by atoms with E-state index in [-0.39, 0.29) is 12.0 Å². The SMILES string of the molecule is CCN(CC)CCn1c(O)c(N=NC(=S)NC[C@H]2CCCO2)c2ccccc21. The van der Waals surface area contributed by atoms with Gasteiger partial charge in [0.25, 0.3) is 0 Å². The fraction of sp³-hybridized carbons (Fsp3) is 0.550. The van der Waals surface area contributed by atoms with Gasteiger partial charge >= 0.3 is 0 Å². The highest BCUT2D eigenvalue weighted by Gasteiger charge is 2.18. The lowest BCUT2D eigenvalue weighted by Crippen LogP contribution is -2.29. The van der Waals surface area contributed by atoms with Crippen LogP contribution < -0.4 is 5.32 Å². The van der Waals surface area contributed by atoms with Crippen LogP contribution in [0.2, 0.25) is 0 Å². The molecular formula is C20H29N5O2S. The smallest absolute Gasteiger partial charge is 0.220 e. The Bertz CT molecular complexity index is 825. The summed E-state index contributed by atoms with van der Waals surface area (Å²) in [5, 5.41) is 23.4. The molecule has 2 heterocycles. The number of thiocarbonyl (C=S) groups is 1. The van der Waals surface area contributed by atoms with Crippen molar-refractivity contribution in [1.29, 1.82) is 0 Å². The second kappa shape index (κ2) is 9.95. The molecule has 1 aromatic heterocycles. The van der Waals surface area contributed by atoms with E-state index in [1.807, 2.05) is 28.8 Å². The number of nitrogens with zero attached hydrogens (tertiary/aromatic N) is 4. The summed E-state index contributed by atoms with van der Waals surface area (Å²) in [7, 11) is 0. The summed E-state index contributed by atoms with van der Waals surface area (Å²) in [6, 6.07) is 7.83. The first-order valence-electron chi connectivity index (χ1n) is 9.97. The molecule has 1 aromatic carbocycles. The van der Waals surface area contributed by atoms with Gasteiger partial charge in [-0.25, -0.2) is 0 Å². The van der Waals surface area contributed by atoms with Crippen molar-refractivity contribution < 1.29 is 9.84 Å². The molecule has 0 aliphatic carbocycles. The molecule has 1 saturated heterocycles. The number of azo groups is 1. The molecule has 0 saturated carbocycles. The van der Waals surface area contributed by atoms with Gasteiger partial charge in [0.05, 0.1) is 11.6 Å². The third-order valence-corrected chi connectivity index (χ3v) is 5.42. The molecule has 1 atom stereocenters. The summed E-state index contributed by atoms with van der Waals surface area (Å²) in [5.41, 5.74) is 1.40. The van der Waals surface area contributed by atoms with Crippen molar-refractivity contribution in [3.8, 4) is 5.88 Å². The molecule has 0 radical (unpaired) electrons. The molecule has 0 spiro atoms. The highest BCUT2D eigenvalue weighted by atomic mass is 32.1. The summed E-state index contributed by atoms with van der Waals surface area (Å²) < 4.78 is 7.46. The molecule has 152 valence electrons. The van der Waals surface area contributed by atoms with Crippen LogP contribution in [0.3, 0.4) is 0 Å². The van der Waals surface area contributed by atoms with Crippen LogP contribution in [0.1, 0.15) is 26.7 Å². The fourth-order valence-corrected chi connectivity index (χ4v) is 3.64. The van der Waals surface area contributed by atoms with Gasteiger partial charge in [0.1, 0.15) is 0 Å². The predicted octanol–water partition coefficient (Wildman–Crippen LogP) is 3.83. The number of para-hydroxylation sites is 1. The zero-order chi connectivity index (χ0) is 19.9. The van der Waals surface area contributed by atoms with E-state index in [4.69, 9.17) is 17.0 Å². The van der Waals surface area contributed by atoms with E-state index in [0.29, 0.717) is 23.9 Å². The highest BCUT2D eigenvalue weighted by molar-refractivity contribution is 7.80. The number of hydrogen-bond acceptors (Lipinski definition) is 5. The maximum Gasteiger partial charge on any atom is 0.220 e. The van der Waals surface area contributed by atoms with Crippen molar-refractivity contribution >= 4 is 33.9 Å². The van der Waals surface area contributed by atoms with Crippen molar-refractivity contribution in [2.45, 2.75) is 39.3 Å². The Morgan fingerprint density at radius 3 is 2.86 bits per heavy atom. The average molecular weight is 404 g/mol. The molecule has 28 heavy (non-hydrogen) atoms. The standard InChI is InChI=1S/C20H29N5O2S/c1-3-24(4-2)11-12-25-17-10-6-5-9-16(17)18(19(25)26)22-23-20(28)21-14-15-8-7-13-27-15/h5-6,9-10,15,26H,3-4,7-8,11-14H2,1-2H3,(H,21,28)/t15-/m1/s1. The molecule has 0 unspecified atom stereocenters. The topological polar surface area (TPSA) is 74.4 Å². The lowest BCUT2D eigenvalue weighted by Gasteiger charge is -2.18. The Labute approximate surface area is 171 Å². The Kier molecular flexibility index (Phi) is 7.36.